The Morgan fingerprint density at radius 1 is 0.622 bits per heavy atom. The first-order valence-electron chi connectivity index (χ1n) is 15.0. The van der Waals surface area contributed by atoms with Gasteiger partial charge in [0, 0.05) is 19.3 Å². The van der Waals surface area contributed by atoms with Gasteiger partial charge in [0.05, 0.1) is 12.2 Å². The molecule has 0 aromatic carbocycles. The van der Waals surface area contributed by atoms with Gasteiger partial charge in [-0.1, -0.05) is 111 Å². The highest BCUT2D eigenvalue weighted by Gasteiger charge is 2.53. The van der Waals surface area contributed by atoms with E-state index in [-0.39, 0.29) is 19.3 Å². The van der Waals surface area contributed by atoms with Gasteiger partial charge in [-0.25, -0.2) is 9.59 Å². The van der Waals surface area contributed by atoms with Crippen LogP contribution in [-0.4, -0.2) is 50.7 Å². The molecule has 7 nitrogen and oxygen atoms in total. The lowest BCUT2D eigenvalue weighted by atomic mass is 9.95. The second kappa shape index (κ2) is 21.1. The van der Waals surface area contributed by atoms with Crippen molar-refractivity contribution < 1.29 is 34.2 Å². The van der Waals surface area contributed by atoms with E-state index < -0.39 is 40.5 Å². The highest BCUT2D eigenvalue weighted by Crippen LogP contribution is 2.32. The lowest BCUT2D eigenvalue weighted by Crippen LogP contribution is -2.70. The number of nitrogens with zero attached hydrogens (tertiary/aromatic N) is 1. The zero-order valence-corrected chi connectivity index (χ0v) is 24.1. The van der Waals surface area contributed by atoms with Crippen molar-refractivity contribution in [2.75, 3.05) is 0 Å². The van der Waals surface area contributed by atoms with E-state index in [4.69, 9.17) is 0 Å². The molecule has 0 aliphatic carbocycles. The topological polar surface area (TPSA) is 115 Å². The van der Waals surface area contributed by atoms with Crippen molar-refractivity contribution in [2.24, 2.45) is 0 Å². The summed E-state index contributed by atoms with van der Waals surface area (Å²) in [6, 6.07) is -3.62. The van der Waals surface area contributed by atoms with E-state index in [0.29, 0.717) is 6.42 Å². The number of carbonyl (C=O) groups excluding carboxylic acids is 1. The van der Waals surface area contributed by atoms with E-state index in [2.05, 4.69) is 6.92 Å². The predicted octanol–water partition coefficient (Wildman–Crippen LogP) is 6.44. The van der Waals surface area contributed by atoms with Crippen LogP contribution in [0.2, 0.25) is 0 Å². The lowest BCUT2D eigenvalue weighted by Gasteiger charge is -2.48. The fourth-order valence-corrected chi connectivity index (χ4v) is 5.71. The number of quaternary nitrogens is 1. The fraction of sp³-hybridized carbons (Fsp3) is 0.833. The predicted molar refractivity (Wildman–Crippen MR) is 147 cm³/mol. The van der Waals surface area contributed by atoms with Crippen LogP contribution < -0.4 is 5.11 Å². The Kier molecular flexibility index (Phi) is 20.0. The maximum Gasteiger partial charge on any atom is 0.362 e. The van der Waals surface area contributed by atoms with Crippen LogP contribution in [0.15, 0.2) is 12.3 Å². The van der Waals surface area contributed by atoms with Crippen LogP contribution in [0.3, 0.4) is 0 Å². The number of unbranched alkanes of at least 4 members (excludes halogenated alkanes) is 14. The smallest absolute Gasteiger partial charge is 0.362 e. The summed E-state index contributed by atoms with van der Waals surface area (Å²) in [4.78, 5) is 36.4. The van der Waals surface area contributed by atoms with Crippen LogP contribution >= 0.6 is 0 Å². The molecule has 37 heavy (non-hydrogen) atoms. The molecular formula is C30H55NO6. The van der Waals surface area contributed by atoms with Crippen LogP contribution in [0.1, 0.15) is 143 Å². The van der Waals surface area contributed by atoms with Crippen molar-refractivity contribution in [2.45, 2.75) is 161 Å². The molecule has 3 atom stereocenters. The molecule has 0 spiro atoms. The van der Waals surface area contributed by atoms with Crippen molar-refractivity contribution in [1.82, 2.24) is 0 Å². The molecule has 0 aromatic rings. The highest BCUT2D eigenvalue weighted by molar-refractivity contribution is 5.77. The summed E-state index contributed by atoms with van der Waals surface area (Å²) < 4.78 is -0.644. The molecule has 0 radical (unpaired) electrons. The van der Waals surface area contributed by atoms with E-state index in [9.17, 15) is 29.7 Å². The number of carboxylic acid groups (broad SMARTS) is 3. The SMILES string of the molecule is CCCCCCCCCCCCCCCC/C=C/[N+](C(CC)C(=O)[O-])(C(CC)C(=O)O)C(CC)C(=O)O. The van der Waals surface area contributed by atoms with Gasteiger partial charge in [-0.3, -0.25) is 4.48 Å². The molecule has 0 aliphatic heterocycles. The van der Waals surface area contributed by atoms with Crippen molar-refractivity contribution in [3.05, 3.63) is 12.3 Å². The second-order valence-electron chi connectivity index (χ2n) is 10.4. The normalized spacial score (nSPS) is 15.8. The molecule has 0 aliphatic rings. The third-order valence-electron chi connectivity index (χ3n) is 7.71. The molecule has 0 rings (SSSR count). The number of hydrogen-bond acceptors (Lipinski definition) is 4. The number of carbonyl (C=O) groups is 3. The van der Waals surface area contributed by atoms with Gasteiger partial charge in [-0.05, 0) is 18.9 Å². The van der Waals surface area contributed by atoms with Gasteiger partial charge in [0.15, 0.2) is 12.1 Å². The van der Waals surface area contributed by atoms with Crippen molar-refractivity contribution >= 4 is 17.9 Å². The Bertz CT molecular complexity index is 607. The molecule has 0 amide bonds. The Morgan fingerprint density at radius 2 is 0.973 bits per heavy atom. The first-order chi connectivity index (χ1) is 17.7. The van der Waals surface area contributed by atoms with Crippen molar-refractivity contribution in [1.29, 1.82) is 0 Å². The molecule has 7 heteroatoms. The van der Waals surface area contributed by atoms with Crippen LogP contribution in [0, 0.1) is 0 Å². The highest BCUT2D eigenvalue weighted by atomic mass is 16.4. The Morgan fingerprint density at radius 3 is 1.27 bits per heavy atom. The van der Waals surface area contributed by atoms with Gasteiger partial charge in [0.2, 0.25) is 0 Å². The summed E-state index contributed by atoms with van der Waals surface area (Å²) in [5.41, 5.74) is 0. The molecule has 0 aromatic heterocycles. The van der Waals surface area contributed by atoms with Gasteiger partial charge in [0.1, 0.15) is 6.04 Å². The zero-order chi connectivity index (χ0) is 28.1. The minimum Gasteiger partial charge on any atom is -0.544 e. The molecular weight excluding hydrogens is 470 g/mol. The van der Waals surface area contributed by atoms with Gasteiger partial charge >= 0.3 is 11.9 Å². The zero-order valence-electron chi connectivity index (χ0n) is 24.1. The minimum absolute atomic E-state index is 0.0824. The third-order valence-corrected chi connectivity index (χ3v) is 7.71. The maximum atomic E-state index is 12.2. The van der Waals surface area contributed by atoms with Gasteiger partial charge in [-0.2, -0.15) is 0 Å². The van der Waals surface area contributed by atoms with Crippen LogP contribution in [-0.2, 0) is 14.4 Å². The number of carboxylic acids is 3. The molecule has 0 heterocycles. The molecule has 0 saturated heterocycles. The quantitative estimate of drug-likeness (QED) is 0.105. The lowest BCUT2D eigenvalue weighted by molar-refractivity contribution is -0.929. The first kappa shape index (κ1) is 35.1. The van der Waals surface area contributed by atoms with Gasteiger partial charge < -0.3 is 20.1 Å². The van der Waals surface area contributed by atoms with Crippen LogP contribution in [0.25, 0.3) is 0 Å². The van der Waals surface area contributed by atoms with Gasteiger partial charge in [-0.15, -0.1) is 0 Å². The minimum atomic E-state index is -1.41. The number of hydrogen-bond donors (Lipinski definition) is 2. The Labute approximate surface area is 225 Å². The number of rotatable bonds is 25. The molecule has 0 saturated carbocycles. The van der Waals surface area contributed by atoms with E-state index in [0.717, 1.165) is 19.3 Å². The molecule has 2 N–H and O–H groups in total. The summed E-state index contributed by atoms with van der Waals surface area (Å²) in [5, 5.41) is 32.0. The average Bonchev–Trinajstić information content (AvgIpc) is 2.84. The van der Waals surface area contributed by atoms with Gasteiger partial charge in [0.25, 0.3) is 0 Å². The number of allylic oxidation sites excluding steroid dienone is 1. The largest absolute Gasteiger partial charge is 0.544 e. The summed E-state index contributed by atoms with van der Waals surface area (Å²) in [6.07, 6.45) is 22.0. The van der Waals surface area contributed by atoms with E-state index in [1.54, 1.807) is 33.0 Å². The molecule has 3 unspecified atom stereocenters. The van der Waals surface area contributed by atoms with E-state index >= 15 is 0 Å². The van der Waals surface area contributed by atoms with Crippen molar-refractivity contribution in [3.63, 3.8) is 0 Å². The van der Waals surface area contributed by atoms with E-state index in [1.807, 2.05) is 0 Å². The maximum absolute atomic E-state index is 12.2. The fourth-order valence-electron chi connectivity index (χ4n) is 5.71. The molecule has 216 valence electrons. The summed E-state index contributed by atoms with van der Waals surface area (Å²) in [7, 11) is 0. The second-order valence-corrected chi connectivity index (χ2v) is 10.4. The third kappa shape index (κ3) is 12.5. The van der Waals surface area contributed by atoms with Crippen molar-refractivity contribution in [3.8, 4) is 0 Å². The average molecular weight is 526 g/mol. The first-order valence-corrected chi connectivity index (χ1v) is 15.0. The Balaban J connectivity index is 4.86. The van der Waals surface area contributed by atoms with Crippen LogP contribution in [0.4, 0.5) is 0 Å². The number of aliphatic carboxylic acids is 3. The summed E-state index contributed by atoms with van der Waals surface area (Å²) in [6.45, 7) is 7.20. The Hall–Kier alpha value is -1.89. The standard InChI is InChI=1S/C30H55NO6/c1-5-9-10-11-12-13-14-15-16-17-18-19-20-21-22-23-24-31(25(6-2)28(32)33,26(7-3)29(34)35)27(8-4)30(36)37/h23-27H,5-22H2,1-4H3,(H2-,32,33,34,35,36,37)/b24-23+. The monoisotopic (exact) mass is 525 g/mol. The van der Waals surface area contributed by atoms with Crippen LogP contribution in [0.5, 0.6) is 0 Å². The summed E-state index contributed by atoms with van der Waals surface area (Å²) >= 11 is 0. The molecule has 0 bridgehead atoms. The van der Waals surface area contributed by atoms with E-state index in [1.165, 1.54) is 70.6 Å². The molecule has 0 fully saturated rings. The summed E-state index contributed by atoms with van der Waals surface area (Å²) in [5.74, 6) is -3.80.